The Labute approximate surface area is 185 Å². The highest BCUT2D eigenvalue weighted by atomic mass is 32.2. The Bertz CT molecular complexity index is 883. The molecule has 0 saturated carbocycles. The van der Waals surface area contributed by atoms with Gasteiger partial charge in [0.1, 0.15) is 5.82 Å². The Hall–Kier alpha value is -2.39. The van der Waals surface area contributed by atoms with Crippen LogP contribution in [0, 0.1) is 5.82 Å². The van der Waals surface area contributed by atoms with Crippen LogP contribution in [0.25, 0.3) is 0 Å². The van der Waals surface area contributed by atoms with E-state index in [1.54, 1.807) is 28.8 Å². The van der Waals surface area contributed by atoms with E-state index in [9.17, 15) is 18.8 Å². The number of ketones is 1. The molecule has 3 aliphatic rings. The second kappa shape index (κ2) is 9.00. The minimum atomic E-state index is -1.09. The number of likely N-dealkylation sites (tertiary alicyclic amines) is 1. The maximum atomic E-state index is 13.3. The highest BCUT2D eigenvalue weighted by Crippen LogP contribution is 2.35. The summed E-state index contributed by atoms with van der Waals surface area (Å²) in [5.74, 6) is -0.0839. The molecule has 9 heteroatoms. The number of piperidine rings is 1. The number of thioether (sulfide) groups is 1. The number of nitrogens with zero attached hydrogens (tertiary/aromatic N) is 2. The van der Waals surface area contributed by atoms with Crippen LogP contribution >= 0.6 is 11.8 Å². The Balaban J connectivity index is 1.49. The van der Waals surface area contributed by atoms with Gasteiger partial charge in [-0.1, -0.05) is 12.1 Å². The molecule has 1 spiro atoms. The second-order valence-corrected chi connectivity index (χ2v) is 9.09. The maximum Gasteiger partial charge on any atom is 0.271 e. The Morgan fingerprint density at radius 3 is 2.58 bits per heavy atom. The van der Waals surface area contributed by atoms with Gasteiger partial charge in [0.05, 0.1) is 18.0 Å². The smallest absolute Gasteiger partial charge is 0.271 e. The number of nitrogens with one attached hydrogen (secondary N) is 1. The molecule has 0 radical (unpaired) electrons. The highest BCUT2D eigenvalue weighted by Gasteiger charge is 2.52. The predicted molar refractivity (Wildman–Crippen MR) is 114 cm³/mol. The first-order chi connectivity index (χ1) is 14.9. The summed E-state index contributed by atoms with van der Waals surface area (Å²) in [5, 5.41) is 3.55. The molecule has 3 heterocycles. The Morgan fingerprint density at radius 1 is 1.26 bits per heavy atom. The molecule has 0 aliphatic carbocycles. The number of amides is 2. The van der Waals surface area contributed by atoms with Crippen molar-refractivity contribution in [3.8, 4) is 0 Å². The van der Waals surface area contributed by atoms with Crippen molar-refractivity contribution in [1.29, 1.82) is 0 Å². The minimum Gasteiger partial charge on any atom is -0.480 e. The summed E-state index contributed by atoms with van der Waals surface area (Å²) >= 11 is 1.69. The molecular weight excluding hydrogens is 421 g/mol. The van der Waals surface area contributed by atoms with Gasteiger partial charge in [-0.3, -0.25) is 19.7 Å². The Morgan fingerprint density at radius 2 is 1.97 bits per heavy atom. The normalized spacial score (nSPS) is 24.8. The van der Waals surface area contributed by atoms with E-state index in [2.05, 4.69) is 5.32 Å². The van der Waals surface area contributed by atoms with E-state index in [4.69, 9.17) is 4.74 Å². The fraction of sp³-hybridized carbons (Fsp3) is 0.500. The highest BCUT2D eigenvalue weighted by molar-refractivity contribution is 7.98. The predicted octanol–water partition coefficient (Wildman–Crippen LogP) is 1.68. The second-order valence-electron chi connectivity index (χ2n) is 8.11. The van der Waals surface area contributed by atoms with Gasteiger partial charge < -0.3 is 14.5 Å². The number of hydrogen-bond acceptors (Lipinski definition) is 6. The number of benzene rings is 1. The van der Waals surface area contributed by atoms with Crippen LogP contribution in [0.3, 0.4) is 0 Å². The number of carbonyl (C=O) groups excluding carboxylic acids is 3. The molecule has 2 atom stereocenters. The number of hydrogen-bond donors (Lipinski definition) is 1. The van der Waals surface area contributed by atoms with Crippen molar-refractivity contribution in [3.63, 3.8) is 0 Å². The molecule has 1 N–H and O–H groups in total. The lowest BCUT2D eigenvalue weighted by Gasteiger charge is -2.45. The SMILES string of the molecule is CSCCC1NC2(CCN(C(=O)C3OC=CC3=O)CC2)N(Cc2ccc(F)cc2)C1=O. The van der Waals surface area contributed by atoms with Crippen molar-refractivity contribution in [3.05, 3.63) is 48.0 Å². The molecule has 2 amide bonds. The maximum absolute atomic E-state index is 13.3. The van der Waals surface area contributed by atoms with E-state index in [-0.39, 0.29) is 29.5 Å². The fourth-order valence-corrected chi connectivity index (χ4v) is 4.96. The lowest BCUT2D eigenvalue weighted by atomic mass is 9.94. The molecular formula is C22H26FN3O4S. The van der Waals surface area contributed by atoms with E-state index in [1.165, 1.54) is 24.5 Å². The van der Waals surface area contributed by atoms with Crippen molar-refractivity contribution < 1.29 is 23.5 Å². The van der Waals surface area contributed by atoms with Gasteiger partial charge in [-0.2, -0.15) is 11.8 Å². The largest absolute Gasteiger partial charge is 0.480 e. The quantitative estimate of drug-likeness (QED) is 0.669. The zero-order chi connectivity index (χ0) is 22.0. The average Bonchev–Trinajstić information content (AvgIpc) is 3.30. The van der Waals surface area contributed by atoms with Gasteiger partial charge in [0.2, 0.25) is 17.8 Å². The van der Waals surface area contributed by atoms with Gasteiger partial charge in [0, 0.05) is 38.6 Å². The topological polar surface area (TPSA) is 79.0 Å². The van der Waals surface area contributed by atoms with E-state index in [0.29, 0.717) is 32.5 Å². The number of halogens is 1. The zero-order valence-electron chi connectivity index (χ0n) is 17.4. The zero-order valence-corrected chi connectivity index (χ0v) is 18.2. The fourth-order valence-electron chi connectivity index (χ4n) is 4.49. The molecule has 0 bridgehead atoms. The Kier molecular flexibility index (Phi) is 6.34. The first kappa shape index (κ1) is 21.8. The van der Waals surface area contributed by atoms with Crippen LogP contribution in [0.15, 0.2) is 36.6 Å². The molecule has 3 aliphatic heterocycles. The van der Waals surface area contributed by atoms with Crippen LogP contribution in [0.1, 0.15) is 24.8 Å². The van der Waals surface area contributed by atoms with Crippen molar-refractivity contribution in [2.45, 2.75) is 43.6 Å². The van der Waals surface area contributed by atoms with Crippen LogP contribution in [0.5, 0.6) is 0 Å². The molecule has 31 heavy (non-hydrogen) atoms. The summed E-state index contributed by atoms with van der Waals surface area (Å²) in [7, 11) is 0. The van der Waals surface area contributed by atoms with Crippen molar-refractivity contribution in [2.75, 3.05) is 25.1 Å². The van der Waals surface area contributed by atoms with Gasteiger partial charge in [-0.15, -0.1) is 0 Å². The summed E-state index contributed by atoms with van der Waals surface area (Å²) in [4.78, 5) is 41.3. The third-order valence-corrected chi connectivity index (χ3v) is 6.86. The van der Waals surface area contributed by atoms with Crippen molar-refractivity contribution in [1.82, 2.24) is 15.1 Å². The van der Waals surface area contributed by atoms with Gasteiger partial charge >= 0.3 is 0 Å². The van der Waals surface area contributed by atoms with Crippen LogP contribution < -0.4 is 5.32 Å². The van der Waals surface area contributed by atoms with E-state index in [1.807, 2.05) is 11.2 Å². The third-order valence-electron chi connectivity index (χ3n) is 6.22. The lowest BCUT2D eigenvalue weighted by molar-refractivity contribution is -0.147. The van der Waals surface area contributed by atoms with Crippen LogP contribution in [0.4, 0.5) is 4.39 Å². The average molecular weight is 448 g/mol. The molecule has 1 aromatic rings. The van der Waals surface area contributed by atoms with Crippen LogP contribution in [-0.2, 0) is 25.7 Å². The standard InChI is InChI=1S/C22H26FN3O4S/c1-31-13-7-17-20(28)26(14-15-2-4-16(23)5-3-15)22(24-17)8-10-25(11-9-22)21(29)19-18(27)6-12-30-19/h2-6,12,17,19,24H,7-11,13-14H2,1H3. The first-order valence-electron chi connectivity index (χ1n) is 10.4. The third kappa shape index (κ3) is 4.34. The molecule has 4 rings (SSSR count). The van der Waals surface area contributed by atoms with Crippen molar-refractivity contribution >= 4 is 29.4 Å². The van der Waals surface area contributed by atoms with Crippen LogP contribution in [-0.4, -0.2) is 70.3 Å². The number of ether oxygens (including phenoxy) is 1. The molecule has 166 valence electrons. The van der Waals surface area contributed by atoms with Gasteiger partial charge in [0.15, 0.2) is 0 Å². The summed E-state index contributed by atoms with van der Waals surface area (Å²) in [5.41, 5.74) is 0.292. The van der Waals surface area contributed by atoms with E-state index in [0.717, 1.165) is 17.7 Å². The van der Waals surface area contributed by atoms with Gasteiger partial charge in [-0.25, -0.2) is 4.39 Å². The molecule has 2 saturated heterocycles. The van der Waals surface area contributed by atoms with E-state index >= 15 is 0 Å². The monoisotopic (exact) mass is 447 g/mol. The van der Waals surface area contributed by atoms with Crippen LogP contribution in [0.2, 0.25) is 0 Å². The summed E-state index contributed by atoms with van der Waals surface area (Å²) < 4.78 is 18.5. The summed E-state index contributed by atoms with van der Waals surface area (Å²) in [6.07, 6.45) is 5.28. The number of carbonyl (C=O) groups is 3. The minimum absolute atomic E-state index is 0.0386. The van der Waals surface area contributed by atoms with E-state index < -0.39 is 11.8 Å². The summed E-state index contributed by atoms with van der Waals surface area (Å²) in [6, 6.07) is 5.91. The van der Waals surface area contributed by atoms with Crippen molar-refractivity contribution in [2.24, 2.45) is 0 Å². The molecule has 2 fully saturated rings. The molecule has 7 nitrogen and oxygen atoms in total. The van der Waals surface area contributed by atoms with Gasteiger partial charge in [-0.05, 0) is 36.1 Å². The molecule has 1 aromatic carbocycles. The summed E-state index contributed by atoms with van der Waals surface area (Å²) in [6.45, 7) is 1.22. The number of rotatable bonds is 6. The lowest BCUT2D eigenvalue weighted by Crippen LogP contribution is -2.60. The first-order valence-corrected chi connectivity index (χ1v) is 11.8. The molecule has 2 unspecified atom stereocenters. The molecule has 0 aromatic heterocycles. The van der Waals surface area contributed by atoms with Gasteiger partial charge in [0.25, 0.3) is 5.91 Å².